The second-order valence-electron chi connectivity index (χ2n) is 3.44. The number of nitrogens with zero attached hydrogens (tertiary/aromatic N) is 1. The first-order chi connectivity index (χ1) is 7.11. The van der Waals surface area contributed by atoms with Crippen molar-refractivity contribution >= 4 is 47.3 Å². The van der Waals surface area contributed by atoms with Crippen molar-refractivity contribution in [1.82, 2.24) is 8.43 Å². The summed E-state index contributed by atoms with van der Waals surface area (Å²) in [6.07, 6.45) is 1.56. The van der Waals surface area contributed by atoms with E-state index in [-0.39, 0.29) is 17.9 Å². The van der Waals surface area contributed by atoms with Crippen LogP contribution < -0.4 is 9.26 Å². The van der Waals surface area contributed by atoms with Crippen molar-refractivity contribution in [3.63, 3.8) is 0 Å². The Morgan fingerprint density at radius 2 is 2.33 bits per heavy atom. The van der Waals surface area contributed by atoms with E-state index in [4.69, 9.17) is 5.73 Å². The minimum absolute atomic E-state index is 0.132. The molecular weight excluding hydrogens is 329 g/mol. The Kier molecular flexibility index (Phi) is 5.13. The molecule has 1 saturated heterocycles. The maximum absolute atomic E-state index is 11.8. The molecule has 1 heterocycles. The predicted octanol–water partition coefficient (Wildman–Crippen LogP) is -0.299. The van der Waals surface area contributed by atoms with Crippen LogP contribution in [0.5, 0.6) is 0 Å². The van der Waals surface area contributed by atoms with Gasteiger partial charge in [-0.15, -0.1) is 0 Å². The lowest BCUT2D eigenvalue weighted by Crippen LogP contribution is -2.50. The first-order valence-electron chi connectivity index (χ1n) is 4.69. The third kappa shape index (κ3) is 2.97. The van der Waals surface area contributed by atoms with Gasteiger partial charge < -0.3 is 10.6 Å². The van der Waals surface area contributed by atoms with Crippen LogP contribution in [0.1, 0.15) is 12.8 Å². The number of carbonyl (C=O) groups excluding carboxylic acids is 2. The van der Waals surface area contributed by atoms with Crippen LogP contribution in [0.4, 0.5) is 0 Å². The molecule has 0 aromatic rings. The number of hydrogen-bond acceptors (Lipinski definition) is 4. The van der Waals surface area contributed by atoms with Crippen molar-refractivity contribution < 1.29 is 9.59 Å². The van der Waals surface area contributed by atoms with Gasteiger partial charge >= 0.3 is 0 Å². The fraction of sp³-hybridized carbons (Fsp3) is 0.750. The Morgan fingerprint density at radius 1 is 1.67 bits per heavy atom. The summed E-state index contributed by atoms with van der Waals surface area (Å²) in [5, 5.41) is 0. The number of nitrogens with two attached hydrogens (primary N) is 1. The molecule has 0 saturated carbocycles. The molecule has 7 heteroatoms. The zero-order chi connectivity index (χ0) is 11.4. The molecule has 1 rings (SSSR count). The summed E-state index contributed by atoms with van der Waals surface area (Å²) >= 11 is 5.76. The maximum Gasteiger partial charge on any atom is 0.251 e. The average molecular weight is 343 g/mol. The summed E-state index contributed by atoms with van der Waals surface area (Å²) < 4.78 is 2.53. The van der Waals surface area contributed by atoms with E-state index in [1.165, 1.54) is 0 Å². The number of rotatable bonds is 3. The van der Waals surface area contributed by atoms with E-state index in [9.17, 15) is 9.59 Å². The topological polar surface area (TPSA) is 75.4 Å². The standard InChI is InChI=1S/C8H14IN3O2S/c9-11-7(13)6-2-1-3-12(6)8(14)5(10)4-15/h5-6,15H,1-4,10H2,(H,11,13)/t5-,6+/m1/s1. The number of carbonyl (C=O) groups is 2. The van der Waals surface area contributed by atoms with Gasteiger partial charge in [0, 0.05) is 12.3 Å². The van der Waals surface area contributed by atoms with Crippen molar-refractivity contribution in [2.24, 2.45) is 5.73 Å². The number of nitrogens with one attached hydrogen (secondary N) is 1. The molecule has 15 heavy (non-hydrogen) atoms. The van der Waals surface area contributed by atoms with E-state index in [2.05, 4.69) is 16.2 Å². The quantitative estimate of drug-likeness (QED) is 0.374. The Balaban J connectivity index is 2.68. The number of halogens is 1. The van der Waals surface area contributed by atoms with Crippen LogP contribution in [0.2, 0.25) is 0 Å². The van der Waals surface area contributed by atoms with E-state index >= 15 is 0 Å². The van der Waals surface area contributed by atoms with Gasteiger partial charge in [0.2, 0.25) is 5.91 Å². The number of thiol groups is 1. The molecular formula is C8H14IN3O2S. The molecule has 1 aliphatic heterocycles. The van der Waals surface area contributed by atoms with E-state index in [0.717, 1.165) is 6.42 Å². The molecule has 1 aliphatic rings. The van der Waals surface area contributed by atoms with Gasteiger partial charge in [-0.3, -0.25) is 13.1 Å². The Morgan fingerprint density at radius 3 is 2.87 bits per heavy atom. The third-order valence-electron chi connectivity index (χ3n) is 2.45. The van der Waals surface area contributed by atoms with Crippen LogP contribution in [-0.2, 0) is 9.59 Å². The van der Waals surface area contributed by atoms with Crippen LogP contribution in [0, 0.1) is 0 Å². The van der Waals surface area contributed by atoms with E-state index < -0.39 is 6.04 Å². The minimum atomic E-state index is -0.615. The van der Waals surface area contributed by atoms with Gasteiger partial charge in [-0.05, 0) is 12.8 Å². The summed E-state index contributed by atoms with van der Waals surface area (Å²) in [6.45, 7) is 0.606. The average Bonchev–Trinajstić information content (AvgIpc) is 2.74. The van der Waals surface area contributed by atoms with Gasteiger partial charge in [-0.2, -0.15) is 12.6 Å². The zero-order valence-corrected chi connectivity index (χ0v) is 11.2. The Hall–Kier alpha value is -0.0200. The summed E-state index contributed by atoms with van der Waals surface area (Å²) in [4.78, 5) is 24.8. The van der Waals surface area contributed by atoms with Gasteiger partial charge in [0.05, 0.1) is 28.9 Å². The number of likely N-dealkylation sites (tertiary alicyclic amines) is 1. The Labute approximate surface area is 108 Å². The monoisotopic (exact) mass is 343 g/mol. The zero-order valence-electron chi connectivity index (χ0n) is 8.15. The van der Waals surface area contributed by atoms with E-state index in [1.807, 2.05) is 0 Å². The Bertz CT molecular complexity index is 264. The van der Waals surface area contributed by atoms with E-state index in [1.54, 1.807) is 27.8 Å². The van der Waals surface area contributed by atoms with Crippen molar-refractivity contribution in [1.29, 1.82) is 0 Å². The first kappa shape index (κ1) is 13.0. The van der Waals surface area contributed by atoms with Gasteiger partial charge in [0.25, 0.3) is 5.91 Å². The van der Waals surface area contributed by atoms with Gasteiger partial charge in [-0.25, -0.2) is 0 Å². The van der Waals surface area contributed by atoms with Crippen LogP contribution >= 0.6 is 35.5 Å². The lowest BCUT2D eigenvalue weighted by atomic mass is 10.2. The lowest BCUT2D eigenvalue weighted by Gasteiger charge is -2.25. The normalized spacial score (nSPS) is 22.6. The second kappa shape index (κ2) is 5.90. The van der Waals surface area contributed by atoms with Gasteiger partial charge in [-0.1, -0.05) is 0 Å². The molecule has 0 aliphatic carbocycles. The van der Waals surface area contributed by atoms with Crippen molar-refractivity contribution in [3.8, 4) is 0 Å². The van der Waals surface area contributed by atoms with Gasteiger partial charge in [0.15, 0.2) is 0 Å². The maximum atomic E-state index is 11.8. The molecule has 0 aromatic heterocycles. The van der Waals surface area contributed by atoms with E-state index in [0.29, 0.717) is 18.7 Å². The smallest absolute Gasteiger partial charge is 0.251 e. The summed E-state index contributed by atoms with van der Waals surface area (Å²) in [6, 6.07) is -0.976. The van der Waals surface area contributed by atoms with Crippen LogP contribution in [0.15, 0.2) is 0 Å². The summed E-state index contributed by atoms with van der Waals surface area (Å²) in [7, 11) is 0. The molecule has 5 nitrogen and oxygen atoms in total. The molecule has 0 radical (unpaired) electrons. The lowest BCUT2D eigenvalue weighted by molar-refractivity contribution is -0.138. The molecule has 86 valence electrons. The van der Waals surface area contributed by atoms with Crippen LogP contribution in [-0.4, -0.2) is 41.1 Å². The van der Waals surface area contributed by atoms with Gasteiger partial charge in [0.1, 0.15) is 6.04 Å². The SMILES string of the molecule is N[C@H](CS)C(=O)N1CCC[C@H]1C(=O)NI. The molecule has 0 bridgehead atoms. The summed E-state index contributed by atoms with van der Waals surface area (Å²) in [5.74, 6) is -0.0196. The molecule has 2 atom stereocenters. The highest BCUT2D eigenvalue weighted by molar-refractivity contribution is 14.1. The molecule has 3 N–H and O–H groups in total. The highest BCUT2D eigenvalue weighted by Gasteiger charge is 2.35. The fourth-order valence-corrected chi connectivity index (χ4v) is 2.17. The highest BCUT2D eigenvalue weighted by atomic mass is 127. The van der Waals surface area contributed by atoms with Crippen LogP contribution in [0.25, 0.3) is 0 Å². The molecule has 1 fully saturated rings. The predicted molar refractivity (Wildman–Crippen MR) is 68.7 cm³/mol. The van der Waals surface area contributed by atoms with Crippen molar-refractivity contribution in [2.75, 3.05) is 12.3 Å². The second-order valence-corrected chi connectivity index (χ2v) is 4.34. The minimum Gasteiger partial charge on any atom is -0.329 e. The fourth-order valence-electron chi connectivity index (χ4n) is 1.66. The third-order valence-corrected chi connectivity index (χ3v) is 3.37. The highest BCUT2D eigenvalue weighted by Crippen LogP contribution is 2.18. The first-order valence-corrected chi connectivity index (χ1v) is 6.40. The number of hydrogen-bond donors (Lipinski definition) is 3. The molecule has 0 spiro atoms. The molecule has 2 amide bonds. The van der Waals surface area contributed by atoms with Crippen LogP contribution in [0.3, 0.4) is 0 Å². The largest absolute Gasteiger partial charge is 0.329 e. The summed E-state index contributed by atoms with van der Waals surface area (Å²) in [5.41, 5.74) is 5.60. The number of amides is 2. The molecule has 0 unspecified atom stereocenters. The van der Waals surface area contributed by atoms with Crippen molar-refractivity contribution in [2.45, 2.75) is 24.9 Å². The molecule has 0 aromatic carbocycles. The van der Waals surface area contributed by atoms with Crippen molar-refractivity contribution in [3.05, 3.63) is 0 Å².